The van der Waals surface area contributed by atoms with Gasteiger partial charge in [0.1, 0.15) is 34.0 Å². The van der Waals surface area contributed by atoms with Crippen molar-refractivity contribution in [3.05, 3.63) is 181 Å². The largest absolute Gasteiger partial charge is 0.458 e. The third-order valence-corrected chi connectivity index (χ3v) is 11.6. The number of furan rings is 2. The molecule has 0 saturated heterocycles. The van der Waals surface area contributed by atoms with Crippen LogP contribution in [0.2, 0.25) is 0 Å². The van der Waals surface area contributed by atoms with Gasteiger partial charge in [0.25, 0.3) is 0 Å². The van der Waals surface area contributed by atoms with Gasteiger partial charge in [0.05, 0.1) is 0 Å². The van der Waals surface area contributed by atoms with Gasteiger partial charge in [0, 0.05) is 65.0 Å². The Balaban J connectivity index is 1.02. The summed E-state index contributed by atoms with van der Waals surface area (Å²) in [5, 5.41) is 5.30. The molecule has 0 aliphatic rings. The van der Waals surface area contributed by atoms with E-state index in [2.05, 4.69) is 54.6 Å². The predicted octanol–water partition coefficient (Wildman–Crippen LogP) is 12.5. The zero-order chi connectivity index (χ0) is 37.9. The number of para-hydroxylation sites is 2. The Kier molecular flexibility index (Phi) is 7.75. The van der Waals surface area contributed by atoms with Crippen LogP contribution in [0, 0.1) is 0 Å². The average Bonchev–Trinajstić information content (AvgIpc) is 3.94. The lowest BCUT2D eigenvalue weighted by Crippen LogP contribution is -2.12. The molecule has 11 rings (SSSR count). The molecule has 0 bridgehead atoms. The van der Waals surface area contributed by atoms with Crippen molar-refractivity contribution < 1.29 is 8.83 Å². The van der Waals surface area contributed by atoms with Crippen LogP contribution in [0.1, 0.15) is 16.9 Å². The molecule has 0 spiro atoms. The summed E-state index contributed by atoms with van der Waals surface area (Å²) in [7, 11) is 0. The summed E-state index contributed by atoms with van der Waals surface area (Å²) in [4.78, 5) is 20.1. The topological polar surface area (TPSA) is 103 Å². The molecule has 7 aromatic carbocycles. The summed E-state index contributed by atoms with van der Waals surface area (Å²) in [6, 6.07) is 55.1. The molecule has 8 heteroatoms. The maximum absolute atomic E-state index is 6.93. The van der Waals surface area contributed by atoms with Crippen molar-refractivity contribution in [1.29, 1.82) is 0 Å². The van der Waals surface area contributed by atoms with E-state index in [4.69, 9.17) is 34.5 Å². The Labute approximate surface area is 330 Å². The highest BCUT2D eigenvalue weighted by Gasteiger charge is 2.19. The van der Waals surface area contributed by atoms with E-state index >= 15 is 0 Å². The van der Waals surface area contributed by atoms with Crippen molar-refractivity contribution in [3.8, 4) is 34.2 Å². The standard InChI is InChI=1S/C49H31N5O2S/c50-46(51-44-37-17-8-10-21-40(37)56-42(44)26-29-12-3-1-4-13-29)38-19-11-18-36-35-25-23-32(28-43(35)57-45(36)38)49-53-47(30-14-5-2-6-15-30)52-48(54-49)31-22-24-34-33-16-7-9-20-39(33)55-41(34)27-31/h1-25,27-28H,26H2,(H2,50,51). The molecule has 7 nitrogen and oxygen atoms in total. The summed E-state index contributed by atoms with van der Waals surface area (Å²) in [5.41, 5.74) is 14.8. The lowest BCUT2D eigenvalue weighted by molar-refractivity contribution is 0.564. The van der Waals surface area contributed by atoms with Crippen LogP contribution in [0.4, 0.5) is 5.69 Å². The first-order chi connectivity index (χ1) is 28.1. The number of hydrogen-bond donors (Lipinski definition) is 1. The highest BCUT2D eigenvalue weighted by atomic mass is 32.1. The zero-order valence-corrected chi connectivity index (χ0v) is 31.2. The minimum Gasteiger partial charge on any atom is -0.458 e. The number of benzene rings is 7. The lowest BCUT2D eigenvalue weighted by Gasteiger charge is -2.08. The van der Waals surface area contributed by atoms with Crippen LogP contribution >= 0.6 is 11.3 Å². The summed E-state index contributed by atoms with van der Waals surface area (Å²) in [6.07, 6.45) is 0.608. The van der Waals surface area contributed by atoms with Crippen LogP contribution in [0.25, 0.3) is 87.2 Å². The SMILES string of the molecule is NC(=Nc1c(Cc2ccccc2)oc2ccccc12)c1cccc2c1sc1cc(-c3nc(-c4ccccc4)nc(-c4ccc5c(c4)oc4ccccc45)n3)ccc12. The fraction of sp³-hybridized carbons (Fsp3) is 0.0204. The Bertz CT molecular complexity index is 3350. The van der Waals surface area contributed by atoms with Gasteiger partial charge in [-0.15, -0.1) is 11.3 Å². The summed E-state index contributed by atoms with van der Waals surface area (Å²) in [6.45, 7) is 0. The van der Waals surface area contributed by atoms with Crippen molar-refractivity contribution in [3.63, 3.8) is 0 Å². The Morgan fingerprint density at radius 1 is 0.509 bits per heavy atom. The van der Waals surface area contributed by atoms with Gasteiger partial charge in [-0.05, 0) is 48.0 Å². The van der Waals surface area contributed by atoms with Crippen LogP contribution in [0.15, 0.2) is 178 Å². The zero-order valence-electron chi connectivity index (χ0n) is 30.4. The van der Waals surface area contributed by atoms with Gasteiger partial charge in [0.15, 0.2) is 17.5 Å². The highest BCUT2D eigenvalue weighted by Crippen LogP contribution is 2.40. The van der Waals surface area contributed by atoms with E-state index in [1.54, 1.807) is 11.3 Å². The van der Waals surface area contributed by atoms with Gasteiger partial charge in [-0.2, -0.15) is 0 Å². The van der Waals surface area contributed by atoms with Gasteiger partial charge < -0.3 is 14.6 Å². The van der Waals surface area contributed by atoms with E-state index in [0.29, 0.717) is 29.7 Å². The quantitative estimate of drug-likeness (QED) is 0.128. The van der Waals surface area contributed by atoms with E-state index in [0.717, 1.165) is 92.3 Å². The Morgan fingerprint density at radius 3 is 1.88 bits per heavy atom. The molecule has 0 saturated carbocycles. The predicted molar refractivity (Wildman–Crippen MR) is 232 cm³/mol. The van der Waals surface area contributed by atoms with Crippen molar-refractivity contribution in [1.82, 2.24) is 15.0 Å². The maximum Gasteiger partial charge on any atom is 0.164 e. The molecule has 0 atom stereocenters. The van der Waals surface area contributed by atoms with E-state index in [9.17, 15) is 0 Å². The molecule has 0 fully saturated rings. The molecule has 2 N–H and O–H groups in total. The van der Waals surface area contributed by atoms with Crippen LogP contribution in [-0.4, -0.2) is 20.8 Å². The number of nitrogens with zero attached hydrogens (tertiary/aromatic N) is 4. The fourth-order valence-electron chi connectivity index (χ4n) is 7.64. The maximum atomic E-state index is 6.93. The number of aromatic nitrogens is 3. The molecule has 0 unspecified atom stereocenters. The van der Waals surface area contributed by atoms with Crippen LogP contribution in [-0.2, 0) is 6.42 Å². The normalized spacial score (nSPS) is 12.1. The molecular weight excluding hydrogens is 723 g/mol. The number of amidine groups is 1. The molecule has 4 heterocycles. The number of nitrogens with two attached hydrogens (primary N) is 1. The van der Waals surface area contributed by atoms with Crippen molar-refractivity contribution in [2.75, 3.05) is 0 Å². The molecule has 0 radical (unpaired) electrons. The molecule has 0 aliphatic carbocycles. The summed E-state index contributed by atoms with van der Waals surface area (Å²) >= 11 is 1.69. The van der Waals surface area contributed by atoms with Gasteiger partial charge in [-0.25, -0.2) is 19.9 Å². The lowest BCUT2D eigenvalue weighted by atomic mass is 10.1. The second-order valence-electron chi connectivity index (χ2n) is 14.0. The minimum atomic E-state index is 0.435. The van der Waals surface area contributed by atoms with Gasteiger partial charge in [0.2, 0.25) is 0 Å². The first kappa shape index (κ1) is 33.0. The number of hydrogen-bond acceptors (Lipinski definition) is 7. The molecular formula is C49H31N5O2S. The number of rotatable bonds is 7. The highest BCUT2D eigenvalue weighted by molar-refractivity contribution is 7.26. The van der Waals surface area contributed by atoms with Gasteiger partial charge in [-0.3, -0.25) is 0 Å². The molecule has 11 aromatic rings. The van der Waals surface area contributed by atoms with Gasteiger partial charge >= 0.3 is 0 Å². The van der Waals surface area contributed by atoms with Crippen LogP contribution in [0.3, 0.4) is 0 Å². The molecule has 0 amide bonds. The van der Waals surface area contributed by atoms with E-state index in [-0.39, 0.29) is 0 Å². The molecule has 0 aliphatic heterocycles. The third-order valence-electron chi connectivity index (χ3n) is 10.4. The number of thiophene rings is 1. The van der Waals surface area contributed by atoms with E-state index < -0.39 is 0 Å². The van der Waals surface area contributed by atoms with Crippen LogP contribution in [0.5, 0.6) is 0 Å². The first-order valence-corrected chi connectivity index (χ1v) is 19.5. The number of aliphatic imine (C=N–C) groups is 1. The third kappa shape index (κ3) is 5.82. The monoisotopic (exact) mass is 753 g/mol. The summed E-state index contributed by atoms with van der Waals surface area (Å²) in [5.74, 6) is 2.97. The number of fused-ring (bicyclic) bond motifs is 7. The van der Waals surface area contributed by atoms with Crippen molar-refractivity contribution >= 4 is 75.9 Å². The fourth-order valence-corrected chi connectivity index (χ4v) is 8.91. The molecule has 270 valence electrons. The Morgan fingerprint density at radius 2 is 1.11 bits per heavy atom. The smallest absolute Gasteiger partial charge is 0.164 e. The van der Waals surface area contributed by atoms with Gasteiger partial charge in [-0.1, -0.05) is 121 Å². The van der Waals surface area contributed by atoms with E-state index in [1.165, 1.54) is 0 Å². The second-order valence-corrected chi connectivity index (χ2v) is 15.1. The van der Waals surface area contributed by atoms with E-state index in [1.807, 2.05) is 109 Å². The molecule has 57 heavy (non-hydrogen) atoms. The minimum absolute atomic E-state index is 0.435. The molecule has 4 aromatic heterocycles. The average molecular weight is 754 g/mol. The van der Waals surface area contributed by atoms with Crippen molar-refractivity contribution in [2.45, 2.75) is 6.42 Å². The second kappa shape index (κ2) is 13.4. The van der Waals surface area contributed by atoms with Crippen molar-refractivity contribution in [2.24, 2.45) is 10.7 Å². The Hall–Kier alpha value is -7.42. The summed E-state index contributed by atoms with van der Waals surface area (Å²) < 4.78 is 14.7. The van der Waals surface area contributed by atoms with Crippen LogP contribution < -0.4 is 5.73 Å². The first-order valence-electron chi connectivity index (χ1n) is 18.7.